The summed E-state index contributed by atoms with van der Waals surface area (Å²) in [4.78, 5) is 23.9. The van der Waals surface area contributed by atoms with E-state index in [1.165, 1.54) is 0 Å². The number of carbonyl (C=O) groups excluding carboxylic acids is 2. The molecule has 0 saturated heterocycles. The first-order chi connectivity index (χ1) is 10.1. The lowest BCUT2D eigenvalue weighted by molar-refractivity contribution is -0.119. The third kappa shape index (κ3) is 4.09. The quantitative estimate of drug-likeness (QED) is 0.856. The zero-order valence-corrected chi connectivity index (χ0v) is 12.6. The molecule has 0 saturated carbocycles. The van der Waals surface area contributed by atoms with E-state index < -0.39 is 5.97 Å². The van der Waals surface area contributed by atoms with Crippen LogP contribution in [0.4, 0.5) is 5.69 Å². The molecule has 0 unspecified atom stereocenters. The summed E-state index contributed by atoms with van der Waals surface area (Å²) >= 11 is 0.972. The van der Waals surface area contributed by atoms with E-state index >= 15 is 0 Å². The highest BCUT2D eigenvalue weighted by molar-refractivity contribution is 7.07. The minimum Gasteiger partial charge on any atom is -0.451 e. The van der Waals surface area contributed by atoms with E-state index in [0.29, 0.717) is 22.7 Å². The number of anilines is 1. The van der Waals surface area contributed by atoms with Crippen molar-refractivity contribution in [2.45, 2.75) is 20.3 Å². The molecule has 0 aliphatic heterocycles. The Hall–Kier alpha value is -2.28. The number of esters is 1. The minimum absolute atomic E-state index is 0.340. The molecule has 1 aromatic heterocycles. The summed E-state index contributed by atoms with van der Waals surface area (Å²) in [6.07, 6.45) is 0.594. The van der Waals surface area contributed by atoms with Crippen LogP contribution in [0.15, 0.2) is 24.3 Å². The number of nitrogens with one attached hydrogen (secondary N) is 1. The predicted octanol–water partition coefficient (Wildman–Crippen LogP) is 2.20. The number of hydrogen-bond acceptors (Lipinski definition) is 6. The number of benzene rings is 1. The van der Waals surface area contributed by atoms with Gasteiger partial charge in [0.25, 0.3) is 5.91 Å². The second kappa shape index (κ2) is 6.94. The average Bonchev–Trinajstić information content (AvgIpc) is 2.96. The summed E-state index contributed by atoms with van der Waals surface area (Å²) in [5.41, 5.74) is 2.35. The van der Waals surface area contributed by atoms with E-state index in [0.717, 1.165) is 17.1 Å². The van der Waals surface area contributed by atoms with E-state index in [4.69, 9.17) is 4.74 Å². The van der Waals surface area contributed by atoms with E-state index in [1.807, 2.05) is 26.0 Å². The third-order valence-corrected chi connectivity index (χ3v) is 3.49. The summed E-state index contributed by atoms with van der Waals surface area (Å²) in [6, 6.07) is 7.35. The number of amides is 1. The maximum atomic E-state index is 11.8. The molecule has 7 heteroatoms. The van der Waals surface area contributed by atoms with E-state index in [2.05, 4.69) is 14.9 Å². The Morgan fingerprint density at radius 3 is 2.67 bits per heavy atom. The predicted molar refractivity (Wildman–Crippen MR) is 79.4 cm³/mol. The lowest BCUT2D eigenvalue weighted by Crippen LogP contribution is -2.21. The molecular formula is C14H15N3O3S. The van der Waals surface area contributed by atoms with Gasteiger partial charge in [0.15, 0.2) is 11.5 Å². The van der Waals surface area contributed by atoms with Crippen molar-refractivity contribution in [3.05, 3.63) is 40.4 Å². The Morgan fingerprint density at radius 1 is 1.29 bits per heavy atom. The van der Waals surface area contributed by atoms with Crippen molar-refractivity contribution in [3.63, 3.8) is 0 Å². The van der Waals surface area contributed by atoms with Crippen molar-refractivity contribution < 1.29 is 14.3 Å². The molecular weight excluding hydrogens is 290 g/mol. The van der Waals surface area contributed by atoms with Gasteiger partial charge in [0.05, 0.1) is 5.69 Å². The van der Waals surface area contributed by atoms with Gasteiger partial charge in [0.1, 0.15) is 0 Å². The minimum atomic E-state index is -0.569. The third-order valence-electron chi connectivity index (χ3n) is 2.75. The molecule has 0 bridgehead atoms. The van der Waals surface area contributed by atoms with Crippen molar-refractivity contribution in [1.82, 2.24) is 9.59 Å². The van der Waals surface area contributed by atoms with Crippen molar-refractivity contribution in [3.8, 4) is 0 Å². The lowest BCUT2D eigenvalue weighted by atomic mass is 10.2. The Balaban J connectivity index is 1.86. The largest absolute Gasteiger partial charge is 0.451 e. The summed E-state index contributed by atoms with van der Waals surface area (Å²) in [7, 11) is 0. The number of ether oxygens (including phenoxy) is 1. The fourth-order valence-corrected chi connectivity index (χ4v) is 2.27. The monoisotopic (exact) mass is 305 g/mol. The lowest BCUT2D eigenvalue weighted by Gasteiger charge is -2.06. The van der Waals surface area contributed by atoms with Crippen LogP contribution in [0, 0.1) is 6.92 Å². The van der Waals surface area contributed by atoms with Crippen LogP contribution in [-0.4, -0.2) is 28.1 Å². The first-order valence-corrected chi connectivity index (χ1v) is 7.22. The Kier molecular flexibility index (Phi) is 4.99. The van der Waals surface area contributed by atoms with Crippen LogP contribution >= 0.6 is 11.5 Å². The molecule has 0 fully saturated rings. The van der Waals surface area contributed by atoms with Gasteiger partial charge in [-0.05, 0) is 37.0 Å². The molecule has 0 atom stereocenters. The first kappa shape index (κ1) is 15.1. The van der Waals surface area contributed by atoms with Gasteiger partial charge >= 0.3 is 5.97 Å². The second-order valence-electron chi connectivity index (χ2n) is 4.39. The van der Waals surface area contributed by atoms with Gasteiger partial charge in [-0.15, -0.1) is 5.10 Å². The summed E-state index contributed by atoms with van der Waals surface area (Å²) in [5, 5.41) is 6.48. The fraction of sp³-hybridized carbons (Fsp3) is 0.286. The Labute approximate surface area is 126 Å². The van der Waals surface area contributed by atoms with Gasteiger partial charge in [-0.2, -0.15) is 0 Å². The molecule has 0 aliphatic rings. The van der Waals surface area contributed by atoms with Crippen LogP contribution in [-0.2, 0) is 16.0 Å². The molecule has 2 aromatic rings. The molecule has 6 nitrogen and oxygen atoms in total. The van der Waals surface area contributed by atoms with Crippen LogP contribution in [0.2, 0.25) is 0 Å². The molecule has 0 spiro atoms. The zero-order chi connectivity index (χ0) is 15.2. The van der Waals surface area contributed by atoms with E-state index in [9.17, 15) is 9.59 Å². The molecule has 1 heterocycles. The number of aromatic nitrogens is 2. The zero-order valence-electron chi connectivity index (χ0n) is 11.8. The normalized spacial score (nSPS) is 10.2. The molecule has 110 valence electrons. The highest BCUT2D eigenvalue weighted by atomic mass is 32.1. The fourth-order valence-electron chi connectivity index (χ4n) is 1.63. The smallest absolute Gasteiger partial charge is 0.352 e. The SMILES string of the molecule is CCc1nnsc1C(=O)OCC(=O)Nc1ccc(C)cc1. The van der Waals surface area contributed by atoms with Gasteiger partial charge in [-0.3, -0.25) is 4.79 Å². The Bertz CT molecular complexity index is 637. The number of rotatable bonds is 5. The van der Waals surface area contributed by atoms with Gasteiger partial charge in [-0.25, -0.2) is 4.79 Å². The van der Waals surface area contributed by atoms with Crippen LogP contribution in [0.3, 0.4) is 0 Å². The number of carbonyl (C=O) groups is 2. The van der Waals surface area contributed by atoms with Crippen LogP contribution in [0.5, 0.6) is 0 Å². The maximum absolute atomic E-state index is 11.8. The maximum Gasteiger partial charge on any atom is 0.352 e. The van der Waals surface area contributed by atoms with E-state index in [1.54, 1.807) is 12.1 Å². The highest BCUT2D eigenvalue weighted by Crippen LogP contribution is 2.13. The molecule has 0 radical (unpaired) electrons. The molecule has 21 heavy (non-hydrogen) atoms. The van der Waals surface area contributed by atoms with Crippen molar-refractivity contribution >= 4 is 29.1 Å². The summed E-state index contributed by atoms with van der Waals surface area (Å²) in [6.45, 7) is 3.49. The van der Waals surface area contributed by atoms with Gasteiger partial charge in [0, 0.05) is 5.69 Å². The van der Waals surface area contributed by atoms with Gasteiger partial charge in [-0.1, -0.05) is 29.1 Å². The van der Waals surface area contributed by atoms with Crippen LogP contribution in [0.25, 0.3) is 0 Å². The molecule has 1 N–H and O–H groups in total. The number of hydrogen-bond donors (Lipinski definition) is 1. The topological polar surface area (TPSA) is 81.2 Å². The number of nitrogens with zero attached hydrogens (tertiary/aromatic N) is 2. The number of aryl methyl sites for hydroxylation is 2. The van der Waals surface area contributed by atoms with Gasteiger partial charge in [0.2, 0.25) is 0 Å². The van der Waals surface area contributed by atoms with Crippen molar-refractivity contribution in [1.29, 1.82) is 0 Å². The van der Waals surface area contributed by atoms with E-state index in [-0.39, 0.29) is 12.5 Å². The van der Waals surface area contributed by atoms with Crippen molar-refractivity contribution in [2.24, 2.45) is 0 Å². The molecule has 0 aliphatic carbocycles. The van der Waals surface area contributed by atoms with Crippen LogP contribution in [0.1, 0.15) is 27.9 Å². The Morgan fingerprint density at radius 2 is 2.00 bits per heavy atom. The van der Waals surface area contributed by atoms with Gasteiger partial charge < -0.3 is 10.1 Å². The summed E-state index contributed by atoms with van der Waals surface area (Å²) < 4.78 is 8.67. The second-order valence-corrected chi connectivity index (χ2v) is 5.15. The molecule has 1 amide bonds. The van der Waals surface area contributed by atoms with Crippen molar-refractivity contribution in [2.75, 3.05) is 11.9 Å². The summed E-state index contributed by atoms with van der Waals surface area (Å²) in [5.74, 6) is -0.955. The first-order valence-electron chi connectivity index (χ1n) is 6.45. The standard InChI is InChI=1S/C14H15N3O3S/c1-3-11-13(21-17-16-11)14(19)20-8-12(18)15-10-6-4-9(2)5-7-10/h4-7H,3,8H2,1-2H3,(H,15,18). The molecule has 1 aromatic carbocycles. The highest BCUT2D eigenvalue weighted by Gasteiger charge is 2.17. The average molecular weight is 305 g/mol. The molecule has 2 rings (SSSR count). The van der Waals surface area contributed by atoms with Crippen LogP contribution < -0.4 is 5.32 Å².